The zero-order valence-electron chi connectivity index (χ0n) is 17.0. The van der Waals surface area contributed by atoms with E-state index in [1.807, 2.05) is 25.1 Å². The molecule has 0 N–H and O–H groups in total. The van der Waals surface area contributed by atoms with Crippen molar-refractivity contribution in [1.29, 1.82) is 0 Å². The summed E-state index contributed by atoms with van der Waals surface area (Å²) in [5, 5.41) is 0.635. The molecule has 1 aliphatic heterocycles. The highest BCUT2D eigenvalue weighted by molar-refractivity contribution is 7.89. The van der Waals surface area contributed by atoms with E-state index in [0.717, 1.165) is 11.3 Å². The lowest BCUT2D eigenvalue weighted by Crippen LogP contribution is -2.48. The molecule has 2 aromatic carbocycles. The molecule has 0 spiro atoms. The molecule has 0 bridgehead atoms. The molecule has 1 saturated heterocycles. The standard InChI is InChI=1S/C22H24FN3O3S/c1-16-3-6-19(7-4-16)30(27,28)26-11-9-25(10-12-26)15-18-14-22(29-2)20-13-17(23)5-8-21(20)24-18/h3-8,13-14H,9-12,15H2,1-2H3. The lowest BCUT2D eigenvalue weighted by Gasteiger charge is -2.33. The minimum absolute atomic E-state index is 0.328. The summed E-state index contributed by atoms with van der Waals surface area (Å²) >= 11 is 0. The number of hydrogen-bond donors (Lipinski definition) is 0. The van der Waals surface area contributed by atoms with Gasteiger partial charge in [-0.1, -0.05) is 17.7 Å². The zero-order valence-corrected chi connectivity index (χ0v) is 17.8. The number of nitrogens with zero attached hydrogens (tertiary/aromatic N) is 3. The molecule has 3 aromatic rings. The highest BCUT2D eigenvalue weighted by atomic mass is 32.2. The van der Waals surface area contributed by atoms with Gasteiger partial charge in [-0.3, -0.25) is 9.88 Å². The highest BCUT2D eigenvalue weighted by Gasteiger charge is 2.28. The van der Waals surface area contributed by atoms with Gasteiger partial charge in [-0.25, -0.2) is 12.8 Å². The van der Waals surface area contributed by atoms with Crippen LogP contribution in [0.3, 0.4) is 0 Å². The molecule has 6 nitrogen and oxygen atoms in total. The van der Waals surface area contributed by atoms with Crippen LogP contribution in [0.15, 0.2) is 53.4 Å². The molecule has 0 aliphatic carbocycles. The SMILES string of the molecule is COc1cc(CN2CCN(S(=O)(=O)c3ccc(C)cc3)CC2)nc2ccc(F)cc12. The third kappa shape index (κ3) is 4.16. The van der Waals surface area contributed by atoms with Crippen molar-refractivity contribution in [3.05, 3.63) is 65.6 Å². The summed E-state index contributed by atoms with van der Waals surface area (Å²) in [5.74, 6) is 0.247. The second-order valence-corrected chi connectivity index (χ2v) is 9.41. The van der Waals surface area contributed by atoms with E-state index in [1.54, 1.807) is 25.3 Å². The van der Waals surface area contributed by atoms with Crippen molar-refractivity contribution in [2.24, 2.45) is 0 Å². The van der Waals surface area contributed by atoms with E-state index in [9.17, 15) is 12.8 Å². The predicted molar refractivity (Wildman–Crippen MR) is 113 cm³/mol. The molecule has 1 aliphatic rings. The topological polar surface area (TPSA) is 62.7 Å². The number of halogens is 1. The highest BCUT2D eigenvalue weighted by Crippen LogP contribution is 2.27. The summed E-state index contributed by atoms with van der Waals surface area (Å²) in [7, 11) is -1.93. The summed E-state index contributed by atoms with van der Waals surface area (Å²) in [4.78, 5) is 7.12. The summed E-state index contributed by atoms with van der Waals surface area (Å²) in [6.45, 7) is 4.56. The molecule has 4 rings (SSSR count). The van der Waals surface area contributed by atoms with Crippen molar-refractivity contribution in [2.75, 3.05) is 33.3 Å². The van der Waals surface area contributed by atoms with Gasteiger partial charge in [0.05, 0.1) is 23.2 Å². The first-order chi connectivity index (χ1) is 14.4. The maximum Gasteiger partial charge on any atom is 0.243 e. The van der Waals surface area contributed by atoms with Crippen LogP contribution in [-0.2, 0) is 16.6 Å². The quantitative estimate of drug-likeness (QED) is 0.623. The third-order valence-electron chi connectivity index (χ3n) is 5.38. The molecule has 1 fully saturated rings. The number of aromatic nitrogens is 1. The Kier molecular flexibility index (Phi) is 5.73. The Labute approximate surface area is 175 Å². The molecule has 0 saturated carbocycles. The van der Waals surface area contributed by atoms with E-state index in [0.29, 0.717) is 54.3 Å². The normalized spacial score (nSPS) is 16.1. The molecular formula is C22H24FN3O3S. The summed E-state index contributed by atoms with van der Waals surface area (Å²) in [5.41, 5.74) is 2.51. The van der Waals surface area contributed by atoms with Crippen LogP contribution in [0.25, 0.3) is 10.9 Å². The molecule has 2 heterocycles. The molecule has 8 heteroatoms. The van der Waals surface area contributed by atoms with Gasteiger partial charge < -0.3 is 4.74 Å². The number of fused-ring (bicyclic) bond motifs is 1. The van der Waals surface area contributed by atoms with Gasteiger partial charge in [-0.15, -0.1) is 0 Å². The number of rotatable bonds is 5. The molecule has 0 atom stereocenters. The number of methoxy groups -OCH3 is 1. The van der Waals surface area contributed by atoms with Crippen LogP contribution >= 0.6 is 0 Å². The monoisotopic (exact) mass is 429 g/mol. The molecule has 158 valence electrons. The fourth-order valence-corrected chi connectivity index (χ4v) is 5.11. The molecular weight excluding hydrogens is 405 g/mol. The van der Waals surface area contributed by atoms with Crippen LogP contribution in [0.5, 0.6) is 5.75 Å². The van der Waals surface area contributed by atoms with E-state index in [2.05, 4.69) is 9.88 Å². The van der Waals surface area contributed by atoms with Gasteiger partial charge in [-0.2, -0.15) is 4.31 Å². The van der Waals surface area contributed by atoms with Crippen LogP contribution in [0.1, 0.15) is 11.3 Å². The Hall–Kier alpha value is -2.55. The van der Waals surface area contributed by atoms with Crippen LogP contribution in [0.2, 0.25) is 0 Å². The minimum Gasteiger partial charge on any atom is -0.496 e. The van der Waals surface area contributed by atoms with Gasteiger partial charge in [-0.05, 0) is 37.3 Å². The smallest absolute Gasteiger partial charge is 0.243 e. The van der Waals surface area contributed by atoms with Crippen LogP contribution in [-0.4, -0.2) is 55.9 Å². The number of piperazine rings is 1. The van der Waals surface area contributed by atoms with Gasteiger partial charge in [0, 0.05) is 44.2 Å². The van der Waals surface area contributed by atoms with Crippen molar-refractivity contribution in [3.8, 4) is 5.75 Å². The zero-order chi connectivity index (χ0) is 21.3. The van der Waals surface area contributed by atoms with Gasteiger partial charge >= 0.3 is 0 Å². The van der Waals surface area contributed by atoms with Gasteiger partial charge in [0.15, 0.2) is 0 Å². The summed E-state index contributed by atoms with van der Waals surface area (Å²) in [6.07, 6.45) is 0. The van der Waals surface area contributed by atoms with E-state index in [-0.39, 0.29) is 5.82 Å². The summed E-state index contributed by atoms with van der Waals surface area (Å²) < 4.78 is 46.2. The third-order valence-corrected chi connectivity index (χ3v) is 7.29. The number of pyridine rings is 1. The van der Waals surface area contributed by atoms with E-state index >= 15 is 0 Å². The number of hydrogen-bond acceptors (Lipinski definition) is 5. The largest absolute Gasteiger partial charge is 0.496 e. The lowest BCUT2D eigenvalue weighted by atomic mass is 10.1. The van der Waals surface area contributed by atoms with Crippen LogP contribution < -0.4 is 4.74 Å². The average Bonchev–Trinajstić information content (AvgIpc) is 2.74. The number of benzene rings is 2. The first-order valence-corrected chi connectivity index (χ1v) is 11.2. The Balaban J connectivity index is 1.46. The van der Waals surface area contributed by atoms with E-state index in [4.69, 9.17) is 4.74 Å². The average molecular weight is 430 g/mol. The molecule has 1 aromatic heterocycles. The van der Waals surface area contributed by atoms with Crippen molar-refractivity contribution in [3.63, 3.8) is 0 Å². The van der Waals surface area contributed by atoms with Gasteiger partial charge in [0.2, 0.25) is 10.0 Å². The minimum atomic E-state index is -3.48. The van der Waals surface area contributed by atoms with Gasteiger partial charge in [0.1, 0.15) is 11.6 Å². The van der Waals surface area contributed by atoms with Crippen LogP contribution in [0.4, 0.5) is 4.39 Å². The first kappa shape index (κ1) is 20.7. The van der Waals surface area contributed by atoms with E-state index < -0.39 is 10.0 Å². The Morgan fingerprint density at radius 1 is 1.03 bits per heavy atom. The number of aryl methyl sites for hydroxylation is 1. The second kappa shape index (κ2) is 8.29. The molecule has 30 heavy (non-hydrogen) atoms. The summed E-state index contributed by atoms with van der Waals surface area (Å²) in [6, 6.07) is 13.2. The van der Waals surface area contributed by atoms with Crippen molar-refractivity contribution in [1.82, 2.24) is 14.2 Å². The molecule has 0 unspecified atom stereocenters. The number of sulfonamides is 1. The lowest BCUT2D eigenvalue weighted by molar-refractivity contribution is 0.180. The van der Waals surface area contributed by atoms with Crippen molar-refractivity contribution < 1.29 is 17.5 Å². The Morgan fingerprint density at radius 2 is 1.73 bits per heavy atom. The van der Waals surface area contributed by atoms with Gasteiger partial charge in [0.25, 0.3) is 0 Å². The predicted octanol–water partition coefficient (Wildman–Crippen LogP) is 3.20. The second-order valence-electron chi connectivity index (χ2n) is 7.47. The fourth-order valence-electron chi connectivity index (χ4n) is 3.69. The maximum atomic E-state index is 13.6. The Morgan fingerprint density at radius 3 is 2.40 bits per heavy atom. The van der Waals surface area contributed by atoms with Crippen molar-refractivity contribution >= 4 is 20.9 Å². The van der Waals surface area contributed by atoms with Crippen LogP contribution in [0, 0.1) is 12.7 Å². The maximum absolute atomic E-state index is 13.6. The Bertz CT molecular complexity index is 1160. The molecule has 0 radical (unpaired) electrons. The first-order valence-electron chi connectivity index (χ1n) is 9.79. The van der Waals surface area contributed by atoms with Crippen molar-refractivity contribution in [2.45, 2.75) is 18.4 Å². The van der Waals surface area contributed by atoms with E-state index in [1.165, 1.54) is 16.4 Å². The molecule has 0 amide bonds. The fraction of sp³-hybridized carbons (Fsp3) is 0.318. The number of ether oxygens (including phenoxy) is 1.